The Morgan fingerprint density at radius 1 is 0.972 bits per heavy atom. The molecule has 0 amide bonds. The number of alkyl halides is 3. The molecule has 10 heteroatoms. The number of aromatic nitrogens is 2. The number of amidine groups is 1. The molecule has 0 aliphatic rings. The molecule has 0 bridgehead atoms. The maximum Gasteiger partial charge on any atom is 0.416 e. The summed E-state index contributed by atoms with van der Waals surface area (Å²) in [7, 11) is 0. The van der Waals surface area contributed by atoms with Crippen LogP contribution in [-0.4, -0.2) is 20.5 Å². The standard InChI is InChI=1S/C26H21F3N4O3/c1-16-11-13-19(14-12-16)33-24(35)21(23(34)32-25(33)36)22(31-18-8-3-2-4-9-18)30-15-17-7-5-6-10-20(17)26(27,28)29/h2-14,35H,15H2,1H3,(H,30,31)(H,32,34,36). The summed E-state index contributed by atoms with van der Waals surface area (Å²) >= 11 is 0. The second-order valence-electron chi connectivity index (χ2n) is 7.94. The highest BCUT2D eigenvalue weighted by Gasteiger charge is 2.33. The largest absolute Gasteiger partial charge is 0.493 e. The van der Waals surface area contributed by atoms with Crippen LogP contribution in [0.1, 0.15) is 22.3 Å². The molecule has 0 fully saturated rings. The topological polar surface area (TPSA) is 99.5 Å². The molecule has 0 saturated carbocycles. The summed E-state index contributed by atoms with van der Waals surface area (Å²) < 4.78 is 41.4. The highest BCUT2D eigenvalue weighted by molar-refractivity contribution is 6.09. The third-order valence-corrected chi connectivity index (χ3v) is 5.38. The van der Waals surface area contributed by atoms with Gasteiger partial charge in [0.05, 0.1) is 17.8 Å². The van der Waals surface area contributed by atoms with Gasteiger partial charge in [-0.1, -0.05) is 54.1 Å². The van der Waals surface area contributed by atoms with Crippen molar-refractivity contribution < 1.29 is 18.3 Å². The van der Waals surface area contributed by atoms with Gasteiger partial charge in [0, 0.05) is 5.69 Å². The van der Waals surface area contributed by atoms with Crippen molar-refractivity contribution in [2.24, 2.45) is 4.99 Å². The predicted molar refractivity (Wildman–Crippen MR) is 131 cm³/mol. The van der Waals surface area contributed by atoms with Crippen LogP contribution in [0.3, 0.4) is 0 Å². The molecule has 4 aromatic rings. The van der Waals surface area contributed by atoms with Gasteiger partial charge in [-0.15, -0.1) is 0 Å². The lowest BCUT2D eigenvalue weighted by atomic mass is 10.1. The summed E-state index contributed by atoms with van der Waals surface area (Å²) in [6.07, 6.45) is -4.60. The molecular formula is C26H21F3N4O3. The van der Waals surface area contributed by atoms with E-state index in [0.717, 1.165) is 16.2 Å². The molecule has 3 aromatic carbocycles. The van der Waals surface area contributed by atoms with Gasteiger partial charge >= 0.3 is 11.9 Å². The lowest BCUT2D eigenvalue weighted by Crippen LogP contribution is -2.35. The van der Waals surface area contributed by atoms with Crippen molar-refractivity contribution in [3.8, 4) is 11.6 Å². The van der Waals surface area contributed by atoms with E-state index in [4.69, 9.17) is 0 Å². The monoisotopic (exact) mass is 494 g/mol. The molecule has 36 heavy (non-hydrogen) atoms. The summed E-state index contributed by atoms with van der Waals surface area (Å²) in [6.45, 7) is 1.39. The van der Waals surface area contributed by atoms with Crippen LogP contribution in [0.4, 0.5) is 18.9 Å². The van der Waals surface area contributed by atoms with Gasteiger partial charge in [0.15, 0.2) is 0 Å². The number of nitrogens with one attached hydrogen (secondary N) is 2. The fourth-order valence-corrected chi connectivity index (χ4v) is 3.61. The molecule has 0 radical (unpaired) electrons. The highest BCUT2D eigenvalue weighted by atomic mass is 19.4. The number of aliphatic imine (C=N–C) groups is 1. The molecule has 0 saturated heterocycles. The molecule has 0 aliphatic carbocycles. The zero-order valence-corrected chi connectivity index (χ0v) is 19.0. The first-order valence-corrected chi connectivity index (χ1v) is 10.8. The molecule has 0 aliphatic heterocycles. The minimum absolute atomic E-state index is 0.125. The summed E-state index contributed by atoms with van der Waals surface area (Å²) in [5.74, 6) is -0.920. The number of aromatic amines is 1. The van der Waals surface area contributed by atoms with E-state index < -0.39 is 41.0 Å². The third-order valence-electron chi connectivity index (χ3n) is 5.38. The Hall–Kier alpha value is -4.60. The van der Waals surface area contributed by atoms with Gasteiger partial charge in [-0.25, -0.2) is 9.36 Å². The van der Waals surface area contributed by atoms with Crippen molar-refractivity contribution in [2.75, 3.05) is 5.32 Å². The summed E-state index contributed by atoms with van der Waals surface area (Å²) in [4.78, 5) is 31.8. The lowest BCUT2D eigenvalue weighted by molar-refractivity contribution is -0.138. The number of H-pyrrole nitrogens is 1. The number of rotatable bonds is 5. The quantitative estimate of drug-likeness (QED) is 0.279. The second kappa shape index (κ2) is 9.95. The van der Waals surface area contributed by atoms with Crippen LogP contribution >= 0.6 is 0 Å². The van der Waals surface area contributed by atoms with E-state index in [1.165, 1.54) is 18.2 Å². The van der Waals surface area contributed by atoms with E-state index in [0.29, 0.717) is 5.69 Å². The first kappa shape index (κ1) is 24.5. The average molecular weight is 494 g/mol. The third kappa shape index (κ3) is 5.22. The molecule has 7 nitrogen and oxygen atoms in total. The van der Waals surface area contributed by atoms with Crippen LogP contribution in [0, 0.1) is 6.92 Å². The minimum Gasteiger partial charge on any atom is -0.493 e. The molecule has 184 valence electrons. The average Bonchev–Trinajstić information content (AvgIpc) is 2.83. The smallest absolute Gasteiger partial charge is 0.416 e. The Kier molecular flexibility index (Phi) is 6.77. The van der Waals surface area contributed by atoms with Crippen LogP contribution in [0.2, 0.25) is 0 Å². The molecule has 4 rings (SSSR count). The maximum atomic E-state index is 13.5. The van der Waals surface area contributed by atoms with Crippen molar-refractivity contribution in [2.45, 2.75) is 19.6 Å². The van der Waals surface area contributed by atoms with Gasteiger partial charge in [-0.05, 0) is 42.8 Å². The van der Waals surface area contributed by atoms with E-state index in [-0.39, 0.29) is 17.1 Å². The zero-order chi connectivity index (χ0) is 25.9. The molecular weight excluding hydrogens is 473 g/mol. The number of halogens is 3. The van der Waals surface area contributed by atoms with Gasteiger partial charge in [0.2, 0.25) is 5.88 Å². The van der Waals surface area contributed by atoms with E-state index in [2.05, 4.69) is 15.3 Å². The summed E-state index contributed by atoms with van der Waals surface area (Å²) in [5.41, 5.74) is -1.57. The molecule has 0 atom stereocenters. The molecule has 3 N–H and O–H groups in total. The number of anilines is 1. The van der Waals surface area contributed by atoms with E-state index >= 15 is 0 Å². The van der Waals surface area contributed by atoms with Crippen molar-refractivity contribution in [1.29, 1.82) is 0 Å². The van der Waals surface area contributed by atoms with Crippen LogP contribution in [0.15, 0.2) is 93.4 Å². The zero-order valence-electron chi connectivity index (χ0n) is 19.0. The van der Waals surface area contributed by atoms with E-state index in [9.17, 15) is 27.9 Å². The Morgan fingerprint density at radius 2 is 1.61 bits per heavy atom. The normalized spacial score (nSPS) is 11.9. The number of aromatic hydroxyl groups is 1. The van der Waals surface area contributed by atoms with Gasteiger partial charge in [-0.3, -0.25) is 14.8 Å². The van der Waals surface area contributed by atoms with Crippen molar-refractivity contribution in [1.82, 2.24) is 9.55 Å². The predicted octanol–water partition coefficient (Wildman–Crippen LogP) is 4.62. The maximum absolute atomic E-state index is 13.5. The number of para-hydroxylation sites is 1. The lowest BCUT2D eigenvalue weighted by Gasteiger charge is -2.16. The van der Waals surface area contributed by atoms with Crippen LogP contribution in [0.5, 0.6) is 5.88 Å². The molecule has 1 aromatic heterocycles. The minimum atomic E-state index is -4.60. The van der Waals surface area contributed by atoms with Crippen molar-refractivity contribution in [3.05, 3.63) is 122 Å². The fourth-order valence-electron chi connectivity index (χ4n) is 3.61. The van der Waals surface area contributed by atoms with Gasteiger partial charge < -0.3 is 10.4 Å². The first-order chi connectivity index (χ1) is 17.1. The highest BCUT2D eigenvalue weighted by Crippen LogP contribution is 2.32. The van der Waals surface area contributed by atoms with Crippen molar-refractivity contribution >= 4 is 11.5 Å². The van der Waals surface area contributed by atoms with Crippen molar-refractivity contribution in [3.63, 3.8) is 0 Å². The van der Waals surface area contributed by atoms with Gasteiger partial charge in [0.1, 0.15) is 11.4 Å². The van der Waals surface area contributed by atoms with Crippen LogP contribution < -0.4 is 16.6 Å². The van der Waals surface area contributed by atoms with Crippen LogP contribution in [0.25, 0.3) is 5.69 Å². The number of nitrogens with zero attached hydrogens (tertiary/aromatic N) is 2. The van der Waals surface area contributed by atoms with Crippen LogP contribution in [-0.2, 0) is 12.7 Å². The Labute approximate surface area is 203 Å². The number of hydrogen-bond donors (Lipinski definition) is 3. The summed E-state index contributed by atoms with van der Waals surface area (Å²) in [6, 6.07) is 20.0. The second-order valence-corrected chi connectivity index (χ2v) is 7.94. The Bertz CT molecular complexity index is 1520. The molecule has 1 heterocycles. The van der Waals surface area contributed by atoms with Gasteiger partial charge in [-0.2, -0.15) is 13.2 Å². The van der Waals surface area contributed by atoms with Gasteiger partial charge in [0.25, 0.3) is 5.56 Å². The SMILES string of the molecule is Cc1ccc(-n2c(O)c(C(=NCc3ccccc3C(F)(F)F)Nc3ccccc3)c(=O)[nH]c2=O)cc1. The number of hydrogen-bond acceptors (Lipinski definition) is 4. The molecule has 0 spiro atoms. The Morgan fingerprint density at radius 3 is 2.28 bits per heavy atom. The Balaban J connectivity index is 1.88. The first-order valence-electron chi connectivity index (χ1n) is 10.8. The number of benzene rings is 3. The molecule has 0 unspecified atom stereocenters. The fraction of sp³-hybridized carbons (Fsp3) is 0.115. The van der Waals surface area contributed by atoms with E-state index in [1.54, 1.807) is 54.6 Å². The van der Waals surface area contributed by atoms with E-state index in [1.807, 2.05) is 6.92 Å². The number of aryl methyl sites for hydroxylation is 1. The summed E-state index contributed by atoms with van der Waals surface area (Å²) in [5, 5.41) is 13.9.